The van der Waals surface area contributed by atoms with Crippen molar-refractivity contribution in [2.24, 2.45) is 0 Å². The van der Waals surface area contributed by atoms with Crippen molar-refractivity contribution in [1.82, 2.24) is 14.9 Å². The Balaban J connectivity index is 1.49. The first kappa shape index (κ1) is 22.3. The summed E-state index contributed by atoms with van der Waals surface area (Å²) in [5.41, 5.74) is 0.821. The van der Waals surface area contributed by atoms with E-state index in [1.165, 1.54) is 22.5 Å². The minimum atomic E-state index is -3.74. The summed E-state index contributed by atoms with van der Waals surface area (Å²) in [6.07, 6.45) is 0.0957. The van der Waals surface area contributed by atoms with Crippen molar-refractivity contribution in [3.63, 3.8) is 0 Å². The standard InChI is InChI=1S/C19H22FN3O5S2/c20-15-6-4-14(5-7-15)8-9-21-18(24)19(25)22-13-16-23(10-2-11-28-16)30(26,27)17-3-1-12-29-17/h1,3-7,12,16H,2,8-11,13H2,(H,21,24)(H,22,25). The third kappa shape index (κ3) is 5.63. The Morgan fingerprint density at radius 3 is 2.60 bits per heavy atom. The Morgan fingerprint density at radius 1 is 1.17 bits per heavy atom. The molecule has 2 amide bonds. The average Bonchev–Trinajstić information content (AvgIpc) is 3.29. The topological polar surface area (TPSA) is 105 Å². The number of benzene rings is 1. The van der Waals surface area contributed by atoms with Gasteiger partial charge in [0.15, 0.2) is 0 Å². The van der Waals surface area contributed by atoms with Crippen LogP contribution in [0.5, 0.6) is 0 Å². The second-order valence-corrected chi connectivity index (χ2v) is 9.63. The number of nitrogens with one attached hydrogen (secondary N) is 2. The molecule has 11 heteroatoms. The van der Waals surface area contributed by atoms with Crippen molar-refractivity contribution in [2.75, 3.05) is 26.2 Å². The molecule has 1 aliphatic heterocycles. The highest BCUT2D eigenvalue weighted by Crippen LogP contribution is 2.25. The van der Waals surface area contributed by atoms with Crippen LogP contribution in [0.2, 0.25) is 0 Å². The molecule has 2 aromatic rings. The van der Waals surface area contributed by atoms with Crippen molar-refractivity contribution >= 4 is 33.2 Å². The first-order valence-electron chi connectivity index (χ1n) is 9.35. The number of sulfonamides is 1. The highest BCUT2D eigenvalue weighted by Gasteiger charge is 2.35. The Hall–Kier alpha value is -2.34. The van der Waals surface area contributed by atoms with Crippen LogP contribution in [0.25, 0.3) is 0 Å². The van der Waals surface area contributed by atoms with Crippen molar-refractivity contribution in [3.8, 4) is 0 Å². The van der Waals surface area contributed by atoms with Crippen LogP contribution in [0, 0.1) is 5.82 Å². The van der Waals surface area contributed by atoms with E-state index in [0.717, 1.165) is 16.9 Å². The van der Waals surface area contributed by atoms with Gasteiger partial charge in [-0.15, -0.1) is 11.3 Å². The SMILES string of the molecule is O=C(NCCc1ccc(F)cc1)C(=O)NCC1OCCCN1S(=O)(=O)c1cccs1. The lowest BCUT2D eigenvalue weighted by Gasteiger charge is -2.34. The van der Waals surface area contributed by atoms with Gasteiger partial charge in [0.05, 0.1) is 13.2 Å². The van der Waals surface area contributed by atoms with E-state index in [4.69, 9.17) is 4.74 Å². The highest BCUT2D eigenvalue weighted by molar-refractivity contribution is 7.91. The monoisotopic (exact) mass is 455 g/mol. The van der Waals surface area contributed by atoms with Gasteiger partial charge in [0.1, 0.15) is 16.3 Å². The summed E-state index contributed by atoms with van der Waals surface area (Å²) in [5.74, 6) is -2.06. The number of thiophene rings is 1. The van der Waals surface area contributed by atoms with Crippen LogP contribution in [0.3, 0.4) is 0 Å². The van der Waals surface area contributed by atoms with Gasteiger partial charge in [-0.25, -0.2) is 12.8 Å². The maximum Gasteiger partial charge on any atom is 0.309 e. The fourth-order valence-corrected chi connectivity index (χ4v) is 5.63. The molecule has 30 heavy (non-hydrogen) atoms. The Labute approximate surface area is 178 Å². The summed E-state index contributed by atoms with van der Waals surface area (Å²) in [4.78, 5) is 24.0. The normalized spacial score (nSPS) is 17.4. The molecule has 1 fully saturated rings. The second kappa shape index (κ2) is 10.1. The predicted molar refractivity (Wildman–Crippen MR) is 109 cm³/mol. The molecule has 2 heterocycles. The minimum Gasteiger partial charge on any atom is -0.360 e. The van der Waals surface area contributed by atoms with E-state index in [2.05, 4.69) is 10.6 Å². The number of hydrogen-bond donors (Lipinski definition) is 2. The lowest BCUT2D eigenvalue weighted by atomic mass is 10.1. The number of ether oxygens (including phenoxy) is 1. The van der Waals surface area contributed by atoms with Crippen LogP contribution in [-0.2, 0) is 30.8 Å². The van der Waals surface area contributed by atoms with Crippen LogP contribution in [-0.4, -0.2) is 57.0 Å². The van der Waals surface area contributed by atoms with E-state index >= 15 is 0 Å². The Bertz CT molecular complexity index is 965. The number of halogens is 1. The van der Waals surface area contributed by atoms with Crippen LogP contribution in [0.1, 0.15) is 12.0 Å². The van der Waals surface area contributed by atoms with Crippen molar-refractivity contribution in [1.29, 1.82) is 0 Å². The number of hydrogen-bond acceptors (Lipinski definition) is 6. The fourth-order valence-electron chi connectivity index (χ4n) is 2.94. The molecule has 1 saturated heterocycles. The van der Waals surface area contributed by atoms with E-state index in [-0.39, 0.29) is 29.7 Å². The molecular weight excluding hydrogens is 433 g/mol. The van der Waals surface area contributed by atoms with Crippen LogP contribution < -0.4 is 10.6 Å². The molecule has 2 N–H and O–H groups in total. The van der Waals surface area contributed by atoms with Gasteiger partial charge in [0.2, 0.25) is 0 Å². The number of amides is 2. The summed E-state index contributed by atoms with van der Waals surface area (Å²) in [6, 6.07) is 9.01. The summed E-state index contributed by atoms with van der Waals surface area (Å²) in [7, 11) is -3.74. The van der Waals surface area contributed by atoms with Crippen molar-refractivity contribution in [3.05, 3.63) is 53.2 Å². The second-order valence-electron chi connectivity index (χ2n) is 6.57. The molecule has 1 atom stereocenters. The summed E-state index contributed by atoms with van der Waals surface area (Å²) >= 11 is 1.11. The Morgan fingerprint density at radius 2 is 1.90 bits per heavy atom. The molecule has 162 valence electrons. The zero-order chi connectivity index (χ0) is 21.6. The van der Waals surface area contributed by atoms with Gasteiger partial charge in [0, 0.05) is 13.1 Å². The van der Waals surface area contributed by atoms with Crippen molar-refractivity contribution < 1.29 is 27.1 Å². The molecule has 0 saturated carbocycles. The highest BCUT2D eigenvalue weighted by atomic mass is 32.2. The van der Waals surface area contributed by atoms with Gasteiger partial charge in [0.25, 0.3) is 10.0 Å². The first-order valence-corrected chi connectivity index (χ1v) is 11.7. The molecule has 0 radical (unpaired) electrons. The summed E-state index contributed by atoms with van der Waals surface area (Å²) in [6.45, 7) is 0.691. The first-order chi connectivity index (χ1) is 14.4. The number of nitrogens with zero attached hydrogens (tertiary/aromatic N) is 1. The van der Waals surface area contributed by atoms with E-state index in [1.54, 1.807) is 23.6 Å². The lowest BCUT2D eigenvalue weighted by molar-refractivity contribution is -0.140. The molecule has 1 unspecified atom stereocenters. The van der Waals surface area contributed by atoms with E-state index < -0.39 is 28.1 Å². The average molecular weight is 456 g/mol. The van der Waals surface area contributed by atoms with E-state index in [9.17, 15) is 22.4 Å². The van der Waals surface area contributed by atoms with Gasteiger partial charge in [-0.1, -0.05) is 18.2 Å². The van der Waals surface area contributed by atoms with Gasteiger partial charge in [-0.05, 0) is 42.0 Å². The number of rotatable bonds is 7. The number of carbonyl (C=O) groups excluding carboxylic acids is 2. The lowest BCUT2D eigenvalue weighted by Crippen LogP contribution is -2.53. The molecular formula is C19H22FN3O5S2. The predicted octanol–water partition coefficient (Wildman–Crippen LogP) is 1.10. The molecule has 0 spiro atoms. The zero-order valence-electron chi connectivity index (χ0n) is 16.0. The molecule has 0 aliphatic carbocycles. The maximum atomic E-state index is 12.9. The zero-order valence-corrected chi connectivity index (χ0v) is 17.7. The third-order valence-corrected chi connectivity index (χ3v) is 7.73. The molecule has 1 aromatic carbocycles. The largest absolute Gasteiger partial charge is 0.360 e. The molecule has 8 nitrogen and oxygen atoms in total. The van der Waals surface area contributed by atoms with Crippen LogP contribution >= 0.6 is 11.3 Å². The van der Waals surface area contributed by atoms with E-state index in [0.29, 0.717) is 19.4 Å². The van der Waals surface area contributed by atoms with Gasteiger partial charge < -0.3 is 15.4 Å². The smallest absolute Gasteiger partial charge is 0.309 e. The van der Waals surface area contributed by atoms with Gasteiger partial charge in [-0.2, -0.15) is 4.31 Å². The molecule has 0 bridgehead atoms. The van der Waals surface area contributed by atoms with Gasteiger partial charge >= 0.3 is 11.8 Å². The third-order valence-electron chi connectivity index (χ3n) is 4.47. The van der Waals surface area contributed by atoms with Gasteiger partial charge in [-0.3, -0.25) is 9.59 Å². The quantitative estimate of drug-likeness (QED) is 0.609. The minimum absolute atomic E-state index is 0.144. The summed E-state index contributed by atoms with van der Waals surface area (Å²) < 4.78 is 45.4. The van der Waals surface area contributed by atoms with Crippen LogP contribution in [0.4, 0.5) is 4.39 Å². The number of carbonyl (C=O) groups is 2. The molecule has 3 rings (SSSR count). The summed E-state index contributed by atoms with van der Waals surface area (Å²) in [5, 5.41) is 6.58. The fraction of sp³-hybridized carbons (Fsp3) is 0.368. The Kier molecular flexibility index (Phi) is 7.53. The molecule has 1 aromatic heterocycles. The maximum absolute atomic E-state index is 12.9. The van der Waals surface area contributed by atoms with Crippen LogP contribution in [0.15, 0.2) is 46.0 Å². The van der Waals surface area contributed by atoms with E-state index in [1.807, 2.05) is 0 Å². The van der Waals surface area contributed by atoms with Crippen molar-refractivity contribution in [2.45, 2.75) is 23.3 Å². The molecule has 1 aliphatic rings.